The van der Waals surface area contributed by atoms with Gasteiger partial charge in [-0.25, -0.2) is 13.5 Å². The van der Waals surface area contributed by atoms with Crippen LogP contribution in [-0.2, 0) is 6.54 Å². The molecule has 0 spiro atoms. The van der Waals surface area contributed by atoms with Crippen LogP contribution >= 0.6 is 0 Å². The lowest BCUT2D eigenvalue weighted by Crippen LogP contribution is -2.01. The minimum absolute atomic E-state index is 0.0634. The molecule has 0 unspecified atom stereocenters. The number of aryl methyl sites for hydroxylation is 1. The molecule has 0 amide bonds. The van der Waals surface area contributed by atoms with Gasteiger partial charge in [0.15, 0.2) is 5.65 Å². The van der Waals surface area contributed by atoms with Crippen LogP contribution in [0.15, 0.2) is 0 Å². The van der Waals surface area contributed by atoms with Gasteiger partial charge in [-0.15, -0.1) is 0 Å². The topological polar surface area (TPSA) is 96.3 Å². The number of nitrogens with two attached hydrogens (primary N) is 1. The Labute approximate surface area is 88.6 Å². The molecule has 2 aromatic rings. The molecule has 0 bridgehead atoms. The Morgan fingerprint density at radius 3 is 2.94 bits per heavy atom. The Hall–Kier alpha value is -2.17. The van der Waals surface area contributed by atoms with Gasteiger partial charge in [0, 0.05) is 0 Å². The van der Waals surface area contributed by atoms with Gasteiger partial charge in [-0.05, 0) is 0 Å². The van der Waals surface area contributed by atoms with Crippen LogP contribution < -0.4 is 5.73 Å². The number of aromatic amines is 1. The maximum atomic E-state index is 12.7. The predicted octanol–water partition coefficient (Wildman–Crippen LogP) is 1.19. The van der Waals surface area contributed by atoms with Crippen LogP contribution in [0.2, 0.25) is 0 Å². The molecule has 6 nitrogen and oxygen atoms in total. The van der Waals surface area contributed by atoms with Crippen LogP contribution in [0.4, 0.5) is 14.6 Å². The zero-order chi connectivity index (χ0) is 11.7. The minimum atomic E-state index is -2.72. The van der Waals surface area contributed by atoms with E-state index in [1.807, 2.05) is 6.07 Å². The monoisotopic (exact) mass is 226 g/mol. The van der Waals surface area contributed by atoms with Crippen LogP contribution in [0.5, 0.6) is 0 Å². The Morgan fingerprint density at radius 1 is 1.56 bits per heavy atom. The fourth-order valence-electron chi connectivity index (χ4n) is 1.48. The number of nitrogen functional groups attached to an aromatic ring is 1. The van der Waals surface area contributed by atoms with Gasteiger partial charge in [0.25, 0.3) is 6.43 Å². The Kier molecular flexibility index (Phi) is 2.44. The molecule has 0 aromatic carbocycles. The van der Waals surface area contributed by atoms with Crippen molar-refractivity contribution in [2.75, 3.05) is 5.73 Å². The van der Waals surface area contributed by atoms with Crippen molar-refractivity contribution in [1.29, 1.82) is 5.26 Å². The first kappa shape index (κ1) is 10.4. The van der Waals surface area contributed by atoms with Gasteiger partial charge in [-0.1, -0.05) is 0 Å². The number of alkyl halides is 2. The van der Waals surface area contributed by atoms with Crippen molar-refractivity contribution in [3.63, 3.8) is 0 Å². The predicted molar refractivity (Wildman–Crippen MR) is 51.5 cm³/mol. The first-order valence-electron chi connectivity index (χ1n) is 4.50. The van der Waals surface area contributed by atoms with Gasteiger partial charge in [-0.3, -0.25) is 5.10 Å². The molecular weight excluding hydrogens is 218 g/mol. The highest BCUT2D eigenvalue weighted by molar-refractivity contribution is 5.89. The maximum absolute atomic E-state index is 12.7. The molecule has 0 aliphatic heterocycles. The number of nitrogens with one attached hydrogen (secondary N) is 1. The first-order chi connectivity index (χ1) is 7.65. The van der Waals surface area contributed by atoms with Crippen molar-refractivity contribution in [2.45, 2.75) is 19.4 Å². The lowest BCUT2D eigenvalue weighted by atomic mass is 10.3. The molecule has 0 aliphatic rings. The van der Waals surface area contributed by atoms with E-state index < -0.39 is 12.1 Å². The molecule has 0 saturated heterocycles. The van der Waals surface area contributed by atoms with Crippen molar-refractivity contribution < 1.29 is 8.78 Å². The Bertz CT molecular complexity index is 549. The van der Waals surface area contributed by atoms with Crippen LogP contribution in [0.1, 0.15) is 18.5 Å². The van der Waals surface area contributed by atoms with Crippen LogP contribution in [0.25, 0.3) is 11.0 Å². The van der Waals surface area contributed by atoms with Crippen LogP contribution in [0.3, 0.4) is 0 Å². The second kappa shape index (κ2) is 3.77. The number of aromatic nitrogens is 4. The summed E-state index contributed by atoms with van der Waals surface area (Å²) in [6.45, 7) is 0.212. The molecule has 16 heavy (non-hydrogen) atoms. The van der Waals surface area contributed by atoms with Crippen molar-refractivity contribution >= 4 is 16.9 Å². The van der Waals surface area contributed by atoms with E-state index in [1.54, 1.807) is 0 Å². The Balaban J connectivity index is 2.55. The number of halogens is 2. The van der Waals surface area contributed by atoms with E-state index in [0.717, 1.165) is 0 Å². The van der Waals surface area contributed by atoms with E-state index in [2.05, 4.69) is 15.3 Å². The number of hydrogen-bond acceptors (Lipinski definition) is 4. The van der Waals surface area contributed by atoms with E-state index >= 15 is 0 Å². The van der Waals surface area contributed by atoms with E-state index in [-0.39, 0.29) is 29.8 Å². The third kappa shape index (κ3) is 1.46. The zero-order valence-corrected chi connectivity index (χ0v) is 8.11. The Morgan fingerprint density at radius 2 is 2.31 bits per heavy atom. The van der Waals surface area contributed by atoms with Crippen LogP contribution in [0, 0.1) is 11.3 Å². The summed E-state index contributed by atoms with van der Waals surface area (Å²) in [5.74, 6) is 0.0634. The number of nitrogens with zero attached hydrogens (tertiary/aromatic N) is 4. The summed E-state index contributed by atoms with van der Waals surface area (Å²) in [4.78, 5) is 0. The zero-order valence-electron chi connectivity index (χ0n) is 8.11. The molecule has 2 heterocycles. The van der Waals surface area contributed by atoms with Gasteiger partial charge in [-0.2, -0.15) is 15.5 Å². The van der Waals surface area contributed by atoms with Crippen molar-refractivity contribution in [1.82, 2.24) is 20.0 Å². The molecule has 2 aromatic heterocycles. The van der Waals surface area contributed by atoms with Crippen molar-refractivity contribution in [3.8, 4) is 6.07 Å². The third-order valence-electron chi connectivity index (χ3n) is 2.15. The average Bonchev–Trinajstić information content (AvgIpc) is 2.77. The summed E-state index contributed by atoms with van der Waals surface area (Å²) in [6.07, 6.45) is -2.54. The lowest BCUT2D eigenvalue weighted by molar-refractivity contribution is 0.146. The minimum Gasteiger partial charge on any atom is -0.383 e. The van der Waals surface area contributed by atoms with E-state index in [9.17, 15) is 8.78 Å². The fourth-order valence-corrected chi connectivity index (χ4v) is 1.48. The number of hydrogen-bond donors (Lipinski definition) is 2. The summed E-state index contributed by atoms with van der Waals surface area (Å²) >= 11 is 0. The molecule has 8 heteroatoms. The van der Waals surface area contributed by atoms with Gasteiger partial charge in [0.05, 0.1) is 24.4 Å². The van der Waals surface area contributed by atoms with Gasteiger partial charge in [0.2, 0.25) is 0 Å². The quantitative estimate of drug-likeness (QED) is 0.821. The maximum Gasteiger partial charge on any atom is 0.282 e. The molecular formula is C8H8F2N6. The summed E-state index contributed by atoms with van der Waals surface area (Å²) in [5.41, 5.74) is 5.34. The highest BCUT2D eigenvalue weighted by Crippen LogP contribution is 2.29. The number of anilines is 1. The van der Waals surface area contributed by atoms with E-state index in [1.165, 1.54) is 4.68 Å². The molecule has 84 valence electrons. The van der Waals surface area contributed by atoms with Crippen molar-refractivity contribution in [3.05, 3.63) is 5.69 Å². The summed E-state index contributed by atoms with van der Waals surface area (Å²) in [7, 11) is 0. The number of fused-ring (bicyclic) bond motifs is 1. The SMILES string of the molecule is N#CCCn1nc(C(F)F)c2c(N)[nH]nc21. The smallest absolute Gasteiger partial charge is 0.282 e. The number of nitriles is 1. The second-order valence-corrected chi connectivity index (χ2v) is 3.15. The standard InChI is InChI=1S/C8H8F2N6/c9-6(10)5-4-7(12)13-14-8(4)16(15-5)3-1-2-11/h6H,1,3H2,(H3,12,13,14). The lowest BCUT2D eigenvalue weighted by Gasteiger charge is -1.96. The fraction of sp³-hybridized carbons (Fsp3) is 0.375. The molecule has 0 radical (unpaired) electrons. The van der Waals surface area contributed by atoms with Gasteiger partial charge >= 0.3 is 0 Å². The molecule has 0 atom stereocenters. The summed E-state index contributed by atoms with van der Waals surface area (Å²) in [5, 5.41) is 18.5. The normalized spacial score (nSPS) is 11.1. The van der Waals surface area contributed by atoms with Crippen LogP contribution in [-0.4, -0.2) is 20.0 Å². The molecule has 3 N–H and O–H groups in total. The molecule has 0 saturated carbocycles. The molecule has 0 fully saturated rings. The average molecular weight is 226 g/mol. The van der Waals surface area contributed by atoms with E-state index in [0.29, 0.717) is 0 Å². The molecule has 0 aliphatic carbocycles. The molecule has 2 rings (SSSR count). The van der Waals surface area contributed by atoms with E-state index in [4.69, 9.17) is 11.0 Å². The summed E-state index contributed by atoms with van der Waals surface area (Å²) in [6, 6.07) is 1.91. The first-order valence-corrected chi connectivity index (χ1v) is 4.50. The number of rotatable bonds is 3. The van der Waals surface area contributed by atoms with Crippen molar-refractivity contribution in [2.24, 2.45) is 0 Å². The van der Waals surface area contributed by atoms with Gasteiger partial charge in [0.1, 0.15) is 11.5 Å². The number of H-pyrrole nitrogens is 1. The second-order valence-electron chi connectivity index (χ2n) is 3.15. The summed E-state index contributed by atoms with van der Waals surface area (Å²) < 4.78 is 26.6. The largest absolute Gasteiger partial charge is 0.383 e. The highest BCUT2D eigenvalue weighted by Gasteiger charge is 2.22. The highest BCUT2D eigenvalue weighted by atomic mass is 19.3. The third-order valence-corrected chi connectivity index (χ3v) is 2.15. The van der Waals surface area contributed by atoms with Gasteiger partial charge < -0.3 is 5.73 Å².